The maximum Gasteiger partial charge on any atom is 0.333 e. The van der Waals surface area contributed by atoms with Gasteiger partial charge in [-0.1, -0.05) is 6.58 Å². The summed E-state index contributed by atoms with van der Waals surface area (Å²) in [5, 5.41) is 8.32. The molecular weight excluding hydrogens is 296 g/mol. The third-order valence-corrected chi connectivity index (χ3v) is 2.15. The van der Waals surface area contributed by atoms with E-state index in [1.165, 1.54) is 0 Å². The summed E-state index contributed by atoms with van der Waals surface area (Å²) in [6.45, 7) is 7.38. The number of carboxylic acids is 1. The van der Waals surface area contributed by atoms with Gasteiger partial charge in [0.1, 0.15) is 13.2 Å². The first-order chi connectivity index (χ1) is 10.5. The molecule has 0 radical (unpaired) electrons. The van der Waals surface area contributed by atoms with Crippen molar-refractivity contribution in [1.29, 1.82) is 0 Å². The lowest BCUT2D eigenvalue weighted by Gasteiger charge is -2.07. The maximum atomic E-state index is 11.0. The second-order valence-electron chi connectivity index (χ2n) is 4.20. The number of hydrogen-bond acceptors (Lipinski definition) is 7. The molecule has 22 heavy (non-hydrogen) atoms. The van der Waals surface area contributed by atoms with Gasteiger partial charge in [-0.15, -0.1) is 0 Å². The Labute approximate surface area is 129 Å². The van der Waals surface area contributed by atoms with Gasteiger partial charge >= 0.3 is 11.9 Å². The Balaban J connectivity index is 3.10. The van der Waals surface area contributed by atoms with Gasteiger partial charge in [-0.25, -0.2) is 9.59 Å². The highest BCUT2D eigenvalue weighted by molar-refractivity contribution is 5.86. The molecule has 0 aromatic rings. The molecule has 0 aliphatic rings. The van der Waals surface area contributed by atoms with Gasteiger partial charge in [0, 0.05) is 5.57 Å². The van der Waals surface area contributed by atoms with Crippen LogP contribution >= 0.6 is 0 Å². The van der Waals surface area contributed by atoms with Crippen LogP contribution < -0.4 is 0 Å². The molecule has 0 aromatic heterocycles. The minimum atomic E-state index is -1.00. The lowest BCUT2D eigenvalue weighted by Crippen LogP contribution is -2.15. The van der Waals surface area contributed by atoms with Crippen molar-refractivity contribution in [2.45, 2.75) is 6.92 Å². The van der Waals surface area contributed by atoms with Crippen LogP contribution in [0.2, 0.25) is 0 Å². The van der Waals surface area contributed by atoms with E-state index in [0.29, 0.717) is 45.2 Å². The van der Waals surface area contributed by atoms with E-state index in [9.17, 15) is 9.59 Å². The van der Waals surface area contributed by atoms with Gasteiger partial charge in [-0.05, 0) is 6.92 Å². The van der Waals surface area contributed by atoms with Crippen LogP contribution in [0.1, 0.15) is 6.92 Å². The summed E-state index contributed by atoms with van der Waals surface area (Å²) in [6, 6.07) is 0. The third-order valence-electron chi connectivity index (χ3n) is 2.15. The Kier molecular flexibility index (Phi) is 13.5. The molecule has 8 nitrogen and oxygen atoms in total. The number of aliphatic carboxylic acids is 1. The topological polar surface area (TPSA) is 101 Å². The molecule has 0 unspecified atom stereocenters. The molecule has 0 atom stereocenters. The molecule has 0 heterocycles. The van der Waals surface area contributed by atoms with E-state index < -0.39 is 11.9 Å². The zero-order chi connectivity index (χ0) is 16.6. The highest BCUT2D eigenvalue weighted by Gasteiger charge is 2.01. The highest BCUT2D eigenvalue weighted by atomic mass is 16.6. The molecular formula is C14H24O8. The van der Waals surface area contributed by atoms with E-state index in [4.69, 9.17) is 28.8 Å². The Morgan fingerprint density at radius 2 is 1.23 bits per heavy atom. The van der Waals surface area contributed by atoms with E-state index in [1.807, 2.05) is 0 Å². The molecule has 0 aliphatic carbocycles. The summed E-state index contributed by atoms with van der Waals surface area (Å²) in [5.74, 6) is -1.43. The molecule has 0 saturated heterocycles. The average Bonchev–Trinajstić information content (AvgIpc) is 2.46. The summed E-state index contributed by atoms with van der Waals surface area (Å²) in [7, 11) is 0. The Bertz CT molecular complexity index is 329. The van der Waals surface area contributed by atoms with Crippen LogP contribution in [0.25, 0.3) is 0 Å². The molecule has 0 saturated carbocycles. The van der Waals surface area contributed by atoms with Crippen LogP contribution in [0.3, 0.4) is 0 Å². The van der Waals surface area contributed by atoms with Gasteiger partial charge in [0.15, 0.2) is 0 Å². The number of ether oxygens (including phenoxy) is 5. The van der Waals surface area contributed by atoms with Gasteiger partial charge in [-0.3, -0.25) is 0 Å². The summed E-state index contributed by atoms with van der Waals surface area (Å²) in [6.07, 6.45) is 0. The smallest absolute Gasteiger partial charge is 0.333 e. The minimum Gasteiger partial charge on any atom is -0.480 e. The summed E-state index contributed by atoms with van der Waals surface area (Å²) >= 11 is 0. The standard InChI is InChI=1S/C14H24O8/c1-12(2)14(17)22-10-9-20-6-5-18-3-4-19-7-8-21-11-13(15)16/h1,3-11H2,2H3,(H,15,16). The van der Waals surface area contributed by atoms with Crippen LogP contribution in [-0.2, 0) is 33.3 Å². The van der Waals surface area contributed by atoms with Crippen molar-refractivity contribution >= 4 is 11.9 Å². The van der Waals surface area contributed by atoms with Crippen molar-refractivity contribution in [2.75, 3.05) is 59.5 Å². The number of carbonyl (C=O) groups is 2. The van der Waals surface area contributed by atoms with Gasteiger partial charge in [0.2, 0.25) is 0 Å². The first-order valence-corrected chi connectivity index (χ1v) is 6.89. The van der Waals surface area contributed by atoms with Crippen LogP contribution in [0, 0.1) is 0 Å². The second kappa shape index (κ2) is 14.5. The van der Waals surface area contributed by atoms with Crippen LogP contribution in [0.4, 0.5) is 0 Å². The minimum absolute atomic E-state index is 0.186. The van der Waals surface area contributed by atoms with Gasteiger partial charge in [0.25, 0.3) is 0 Å². The second-order valence-corrected chi connectivity index (χ2v) is 4.20. The average molecular weight is 320 g/mol. The predicted octanol–water partition coefficient (Wildman–Crippen LogP) is 0.257. The fraction of sp³-hybridized carbons (Fsp3) is 0.714. The lowest BCUT2D eigenvalue weighted by molar-refractivity contribution is -0.143. The number of esters is 1. The molecule has 0 amide bonds. The van der Waals surface area contributed by atoms with Gasteiger partial charge in [0.05, 0.1) is 46.2 Å². The molecule has 0 aromatic carbocycles. The molecule has 1 N–H and O–H groups in total. The highest BCUT2D eigenvalue weighted by Crippen LogP contribution is 1.91. The van der Waals surface area contributed by atoms with Crippen molar-refractivity contribution in [1.82, 2.24) is 0 Å². The first kappa shape index (κ1) is 20.5. The Hall–Kier alpha value is -1.48. The van der Waals surface area contributed by atoms with E-state index in [-0.39, 0.29) is 19.8 Å². The van der Waals surface area contributed by atoms with Gasteiger partial charge in [-0.2, -0.15) is 0 Å². The molecule has 0 rings (SSSR count). The molecule has 0 aliphatic heterocycles. The number of rotatable bonds is 15. The zero-order valence-electron chi connectivity index (χ0n) is 12.9. The van der Waals surface area contributed by atoms with Crippen LogP contribution in [0.5, 0.6) is 0 Å². The summed E-state index contributed by atoms with van der Waals surface area (Å²) < 4.78 is 25.2. The SMILES string of the molecule is C=C(C)C(=O)OCCOCCOCCOCCOCC(=O)O. The summed E-state index contributed by atoms with van der Waals surface area (Å²) in [4.78, 5) is 21.2. The van der Waals surface area contributed by atoms with Crippen LogP contribution in [-0.4, -0.2) is 76.5 Å². The Morgan fingerprint density at radius 3 is 1.64 bits per heavy atom. The zero-order valence-corrected chi connectivity index (χ0v) is 12.9. The quantitative estimate of drug-likeness (QED) is 0.260. The Morgan fingerprint density at radius 1 is 0.818 bits per heavy atom. The molecule has 0 fully saturated rings. The monoisotopic (exact) mass is 320 g/mol. The first-order valence-electron chi connectivity index (χ1n) is 6.89. The normalized spacial score (nSPS) is 10.4. The maximum absolute atomic E-state index is 11.0. The predicted molar refractivity (Wildman–Crippen MR) is 76.7 cm³/mol. The molecule has 0 spiro atoms. The van der Waals surface area contributed by atoms with Gasteiger partial charge < -0.3 is 28.8 Å². The molecule has 0 bridgehead atoms. The van der Waals surface area contributed by atoms with E-state index in [1.54, 1.807) is 6.92 Å². The molecule has 128 valence electrons. The summed E-state index contributed by atoms with van der Waals surface area (Å²) in [5.41, 5.74) is 0.358. The number of carboxylic acid groups (broad SMARTS) is 1. The fourth-order valence-corrected chi connectivity index (χ4v) is 1.14. The van der Waals surface area contributed by atoms with Crippen molar-refractivity contribution < 1.29 is 38.4 Å². The van der Waals surface area contributed by atoms with Crippen molar-refractivity contribution in [3.05, 3.63) is 12.2 Å². The van der Waals surface area contributed by atoms with Crippen molar-refractivity contribution in [3.63, 3.8) is 0 Å². The van der Waals surface area contributed by atoms with Crippen LogP contribution in [0.15, 0.2) is 12.2 Å². The van der Waals surface area contributed by atoms with Crippen molar-refractivity contribution in [3.8, 4) is 0 Å². The fourth-order valence-electron chi connectivity index (χ4n) is 1.14. The lowest BCUT2D eigenvalue weighted by atomic mass is 10.4. The van der Waals surface area contributed by atoms with E-state index in [2.05, 4.69) is 6.58 Å². The third kappa shape index (κ3) is 14.9. The number of hydrogen-bond donors (Lipinski definition) is 1. The molecule has 8 heteroatoms. The van der Waals surface area contributed by atoms with E-state index in [0.717, 1.165) is 0 Å². The number of carbonyl (C=O) groups excluding carboxylic acids is 1. The van der Waals surface area contributed by atoms with Crippen molar-refractivity contribution in [2.24, 2.45) is 0 Å². The van der Waals surface area contributed by atoms with E-state index >= 15 is 0 Å². The largest absolute Gasteiger partial charge is 0.480 e.